The van der Waals surface area contributed by atoms with E-state index >= 15 is 0 Å². The maximum atomic E-state index is 5.76. The number of rotatable bonds is 2. The van der Waals surface area contributed by atoms with Crippen molar-refractivity contribution in [2.75, 3.05) is 5.73 Å². The Bertz CT molecular complexity index is 738. The number of nitrogens with two attached hydrogens (primary N) is 1. The number of nitrogen functional groups attached to an aromatic ring is 1. The van der Waals surface area contributed by atoms with E-state index in [0.717, 1.165) is 16.8 Å². The maximum Gasteiger partial charge on any atom is 0.219 e. The number of ether oxygens (including phenoxy) is 1. The summed E-state index contributed by atoms with van der Waals surface area (Å²) in [7, 11) is 0. The number of hydrogen-bond acceptors (Lipinski definition) is 3. The predicted octanol–water partition coefficient (Wildman–Crippen LogP) is 3.92. The summed E-state index contributed by atoms with van der Waals surface area (Å²) in [6.45, 7) is 1.86. The third kappa shape index (κ3) is 2.36. The van der Waals surface area contributed by atoms with E-state index in [2.05, 4.69) is 17.1 Å². The number of benzene rings is 2. The first-order chi connectivity index (χ1) is 9.22. The van der Waals surface area contributed by atoms with Crippen LogP contribution in [-0.2, 0) is 0 Å². The summed E-state index contributed by atoms with van der Waals surface area (Å²) in [5, 5.41) is 2.34. The molecule has 1 aromatic heterocycles. The van der Waals surface area contributed by atoms with Gasteiger partial charge in [-0.1, -0.05) is 30.3 Å². The molecule has 0 aliphatic rings. The second-order valence-corrected chi connectivity index (χ2v) is 4.44. The van der Waals surface area contributed by atoms with Gasteiger partial charge in [-0.25, -0.2) is 4.98 Å². The van der Waals surface area contributed by atoms with E-state index in [1.807, 2.05) is 37.3 Å². The molecule has 1 heterocycles. The van der Waals surface area contributed by atoms with Crippen LogP contribution < -0.4 is 10.5 Å². The van der Waals surface area contributed by atoms with Crippen molar-refractivity contribution in [1.29, 1.82) is 0 Å². The van der Waals surface area contributed by atoms with Gasteiger partial charge in [0.1, 0.15) is 5.75 Å². The molecule has 3 nitrogen and oxygen atoms in total. The Morgan fingerprint density at radius 3 is 2.53 bits per heavy atom. The molecule has 0 bridgehead atoms. The van der Waals surface area contributed by atoms with Crippen LogP contribution in [0.2, 0.25) is 0 Å². The molecule has 0 fully saturated rings. The molecule has 3 rings (SSSR count). The topological polar surface area (TPSA) is 48.1 Å². The zero-order chi connectivity index (χ0) is 13.2. The smallest absolute Gasteiger partial charge is 0.219 e. The van der Waals surface area contributed by atoms with E-state index in [4.69, 9.17) is 10.5 Å². The van der Waals surface area contributed by atoms with Crippen LogP contribution in [0.5, 0.6) is 11.6 Å². The molecule has 3 aromatic rings. The number of aromatic nitrogens is 1. The Hall–Kier alpha value is -2.55. The van der Waals surface area contributed by atoms with Crippen molar-refractivity contribution < 1.29 is 4.74 Å². The molecule has 0 saturated carbocycles. The SMILES string of the molecule is Cc1nc(Oc2ccc3ccccc3c2)ccc1N. The van der Waals surface area contributed by atoms with E-state index in [1.54, 1.807) is 12.1 Å². The lowest BCUT2D eigenvalue weighted by Crippen LogP contribution is -1.95. The first-order valence-corrected chi connectivity index (χ1v) is 6.12. The van der Waals surface area contributed by atoms with Crippen LogP contribution in [0.15, 0.2) is 54.6 Å². The number of fused-ring (bicyclic) bond motifs is 1. The molecule has 2 aromatic carbocycles. The summed E-state index contributed by atoms with van der Waals surface area (Å²) in [4.78, 5) is 4.30. The van der Waals surface area contributed by atoms with Gasteiger partial charge in [0.05, 0.1) is 11.4 Å². The summed E-state index contributed by atoms with van der Waals surface area (Å²) < 4.78 is 5.76. The van der Waals surface area contributed by atoms with Crippen molar-refractivity contribution in [3.05, 3.63) is 60.3 Å². The summed E-state index contributed by atoms with van der Waals surface area (Å²) >= 11 is 0. The zero-order valence-electron chi connectivity index (χ0n) is 10.6. The van der Waals surface area contributed by atoms with Crippen LogP contribution in [0.1, 0.15) is 5.69 Å². The largest absolute Gasteiger partial charge is 0.439 e. The van der Waals surface area contributed by atoms with Gasteiger partial charge in [0.25, 0.3) is 0 Å². The van der Waals surface area contributed by atoms with Crippen molar-refractivity contribution >= 4 is 16.5 Å². The number of aryl methyl sites for hydroxylation is 1. The van der Waals surface area contributed by atoms with E-state index < -0.39 is 0 Å². The van der Waals surface area contributed by atoms with Crippen molar-refractivity contribution in [2.45, 2.75) is 6.92 Å². The van der Waals surface area contributed by atoms with Gasteiger partial charge in [-0.05, 0) is 35.9 Å². The third-order valence-corrected chi connectivity index (χ3v) is 3.04. The van der Waals surface area contributed by atoms with Crippen molar-refractivity contribution in [2.24, 2.45) is 0 Å². The quantitative estimate of drug-likeness (QED) is 0.750. The molecule has 0 unspecified atom stereocenters. The normalized spacial score (nSPS) is 10.6. The van der Waals surface area contributed by atoms with Gasteiger partial charge < -0.3 is 10.5 Å². The van der Waals surface area contributed by atoms with Gasteiger partial charge in [0.2, 0.25) is 5.88 Å². The summed E-state index contributed by atoms with van der Waals surface area (Å²) in [6, 6.07) is 17.7. The molecule has 0 radical (unpaired) electrons. The highest BCUT2D eigenvalue weighted by molar-refractivity contribution is 5.83. The van der Waals surface area contributed by atoms with Crippen LogP contribution >= 0.6 is 0 Å². The molecule has 0 saturated heterocycles. The van der Waals surface area contributed by atoms with Gasteiger partial charge in [-0.2, -0.15) is 0 Å². The third-order valence-electron chi connectivity index (χ3n) is 3.04. The molecule has 0 atom stereocenters. The molecule has 0 spiro atoms. The average molecular weight is 250 g/mol. The maximum absolute atomic E-state index is 5.76. The minimum Gasteiger partial charge on any atom is -0.439 e. The number of pyridine rings is 1. The molecule has 0 aliphatic heterocycles. The Kier molecular flexibility index (Phi) is 2.80. The lowest BCUT2D eigenvalue weighted by atomic mass is 10.1. The van der Waals surface area contributed by atoms with E-state index in [9.17, 15) is 0 Å². The lowest BCUT2D eigenvalue weighted by molar-refractivity contribution is 0.462. The predicted molar refractivity (Wildman–Crippen MR) is 77.4 cm³/mol. The molecular weight excluding hydrogens is 236 g/mol. The number of hydrogen-bond donors (Lipinski definition) is 1. The van der Waals surface area contributed by atoms with E-state index in [0.29, 0.717) is 11.6 Å². The molecule has 94 valence electrons. The minimum absolute atomic E-state index is 0.557. The van der Waals surface area contributed by atoms with Crippen LogP contribution in [0.25, 0.3) is 10.8 Å². The van der Waals surface area contributed by atoms with Gasteiger partial charge in [-0.3, -0.25) is 0 Å². The van der Waals surface area contributed by atoms with Crippen LogP contribution in [0.4, 0.5) is 5.69 Å². The Morgan fingerprint density at radius 2 is 1.74 bits per heavy atom. The first kappa shape index (κ1) is 11.5. The highest BCUT2D eigenvalue weighted by Crippen LogP contribution is 2.25. The highest BCUT2D eigenvalue weighted by atomic mass is 16.5. The Morgan fingerprint density at radius 1 is 0.947 bits per heavy atom. The second-order valence-electron chi connectivity index (χ2n) is 4.44. The van der Waals surface area contributed by atoms with Crippen LogP contribution in [-0.4, -0.2) is 4.98 Å². The van der Waals surface area contributed by atoms with Crippen molar-refractivity contribution in [3.63, 3.8) is 0 Å². The number of anilines is 1. The zero-order valence-corrected chi connectivity index (χ0v) is 10.6. The molecule has 19 heavy (non-hydrogen) atoms. The van der Waals surface area contributed by atoms with Crippen molar-refractivity contribution in [3.8, 4) is 11.6 Å². The Labute approximate surface area is 111 Å². The summed E-state index contributed by atoms with van der Waals surface area (Å²) in [6.07, 6.45) is 0. The van der Waals surface area contributed by atoms with Gasteiger partial charge in [-0.15, -0.1) is 0 Å². The first-order valence-electron chi connectivity index (χ1n) is 6.12. The second kappa shape index (κ2) is 4.61. The van der Waals surface area contributed by atoms with Gasteiger partial charge >= 0.3 is 0 Å². The Balaban J connectivity index is 1.94. The fraction of sp³-hybridized carbons (Fsp3) is 0.0625. The average Bonchev–Trinajstić information content (AvgIpc) is 2.43. The van der Waals surface area contributed by atoms with Gasteiger partial charge in [0, 0.05) is 6.07 Å². The standard InChI is InChI=1S/C16H14N2O/c1-11-15(17)8-9-16(18-11)19-14-7-6-12-4-2-3-5-13(12)10-14/h2-10H,17H2,1H3. The van der Waals surface area contributed by atoms with Crippen LogP contribution in [0, 0.1) is 6.92 Å². The van der Waals surface area contributed by atoms with E-state index in [1.165, 1.54) is 5.39 Å². The monoisotopic (exact) mass is 250 g/mol. The summed E-state index contributed by atoms with van der Waals surface area (Å²) in [5.41, 5.74) is 7.19. The molecule has 3 heteroatoms. The van der Waals surface area contributed by atoms with Gasteiger partial charge in [0.15, 0.2) is 0 Å². The number of nitrogens with zero attached hydrogens (tertiary/aromatic N) is 1. The molecule has 0 aliphatic carbocycles. The minimum atomic E-state index is 0.557. The molecule has 2 N–H and O–H groups in total. The fourth-order valence-electron chi connectivity index (χ4n) is 1.96. The van der Waals surface area contributed by atoms with E-state index in [-0.39, 0.29) is 0 Å². The fourth-order valence-corrected chi connectivity index (χ4v) is 1.96. The van der Waals surface area contributed by atoms with Crippen molar-refractivity contribution in [1.82, 2.24) is 4.98 Å². The highest BCUT2D eigenvalue weighted by Gasteiger charge is 2.02. The molecule has 0 amide bonds. The lowest BCUT2D eigenvalue weighted by Gasteiger charge is -2.07. The molecular formula is C16H14N2O. The summed E-state index contributed by atoms with van der Waals surface area (Å²) in [5.74, 6) is 1.33. The van der Waals surface area contributed by atoms with Crippen LogP contribution in [0.3, 0.4) is 0 Å².